The number of amides is 1. The van der Waals surface area contributed by atoms with Crippen LogP contribution in [0.5, 0.6) is 0 Å². The summed E-state index contributed by atoms with van der Waals surface area (Å²) in [6, 6.07) is 12.9. The van der Waals surface area contributed by atoms with E-state index in [1.54, 1.807) is 11.3 Å². The van der Waals surface area contributed by atoms with Crippen molar-refractivity contribution in [3.63, 3.8) is 0 Å². The molecule has 0 bridgehead atoms. The predicted octanol–water partition coefficient (Wildman–Crippen LogP) is 3.96. The molecule has 1 aromatic carbocycles. The van der Waals surface area contributed by atoms with Crippen molar-refractivity contribution < 1.29 is 4.79 Å². The summed E-state index contributed by atoms with van der Waals surface area (Å²) in [6.07, 6.45) is 2.73. The highest BCUT2D eigenvalue weighted by molar-refractivity contribution is 7.10. The molecule has 3 heteroatoms. The summed E-state index contributed by atoms with van der Waals surface area (Å²) >= 11 is 1.66. The molecule has 20 heavy (non-hydrogen) atoms. The number of hydrogen-bond acceptors (Lipinski definition) is 2. The highest BCUT2D eigenvalue weighted by atomic mass is 32.1. The number of thiophene rings is 1. The number of aryl methyl sites for hydroxylation is 1. The number of nitrogens with zero attached hydrogens (tertiary/aromatic N) is 1. The molecule has 1 atom stereocenters. The fourth-order valence-corrected chi connectivity index (χ4v) is 3.56. The minimum absolute atomic E-state index is 0.260. The fourth-order valence-electron chi connectivity index (χ4n) is 2.86. The minimum Gasteiger partial charge on any atom is -0.335 e. The quantitative estimate of drug-likeness (QED) is 0.836. The van der Waals surface area contributed by atoms with Crippen molar-refractivity contribution in [2.75, 3.05) is 6.54 Å². The Morgan fingerprint density at radius 3 is 2.80 bits per heavy atom. The van der Waals surface area contributed by atoms with Crippen LogP contribution in [-0.4, -0.2) is 17.4 Å². The Balaban J connectivity index is 1.75. The molecule has 2 nitrogen and oxygen atoms in total. The van der Waals surface area contributed by atoms with Gasteiger partial charge in [0.05, 0.1) is 12.5 Å². The van der Waals surface area contributed by atoms with Gasteiger partial charge in [0.15, 0.2) is 0 Å². The Hall–Kier alpha value is -1.61. The molecule has 0 N–H and O–H groups in total. The molecular weight excluding hydrogens is 266 g/mol. The Kier molecular flexibility index (Phi) is 3.88. The molecule has 0 unspecified atom stereocenters. The monoisotopic (exact) mass is 285 g/mol. The van der Waals surface area contributed by atoms with Gasteiger partial charge in [-0.2, -0.15) is 0 Å². The van der Waals surface area contributed by atoms with Gasteiger partial charge in [0.25, 0.3) is 0 Å². The first-order valence-electron chi connectivity index (χ1n) is 7.12. The van der Waals surface area contributed by atoms with Gasteiger partial charge in [-0.25, -0.2) is 0 Å². The number of hydrogen-bond donors (Lipinski definition) is 0. The number of benzene rings is 1. The van der Waals surface area contributed by atoms with Crippen molar-refractivity contribution in [2.24, 2.45) is 0 Å². The zero-order valence-electron chi connectivity index (χ0n) is 11.7. The largest absolute Gasteiger partial charge is 0.335 e. The van der Waals surface area contributed by atoms with Crippen LogP contribution in [0.15, 0.2) is 41.8 Å². The Bertz CT molecular complexity index is 574. The van der Waals surface area contributed by atoms with Crippen LogP contribution < -0.4 is 0 Å². The second-order valence-electron chi connectivity index (χ2n) is 5.41. The summed E-state index contributed by atoms with van der Waals surface area (Å²) in [7, 11) is 0. The van der Waals surface area contributed by atoms with Crippen LogP contribution in [0.4, 0.5) is 0 Å². The first-order chi connectivity index (χ1) is 9.74. The van der Waals surface area contributed by atoms with Crippen molar-refractivity contribution in [1.29, 1.82) is 0 Å². The molecule has 1 fully saturated rings. The minimum atomic E-state index is 0.260. The van der Waals surface area contributed by atoms with E-state index in [2.05, 4.69) is 36.1 Å². The smallest absolute Gasteiger partial charge is 0.228 e. The Morgan fingerprint density at radius 2 is 2.10 bits per heavy atom. The number of carbonyl (C=O) groups is 1. The summed E-state index contributed by atoms with van der Waals surface area (Å²) in [5, 5.41) is 2.03. The van der Waals surface area contributed by atoms with Crippen molar-refractivity contribution >= 4 is 17.2 Å². The number of carbonyl (C=O) groups excluding carboxylic acids is 1. The second-order valence-corrected chi connectivity index (χ2v) is 6.44. The molecule has 1 saturated heterocycles. The van der Waals surface area contributed by atoms with Crippen molar-refractivity contribution in [2.45, 2.75) is 32.2 Å². The van der Waals surface area contributed by atoms with E-state index < -0.39 is 0 Å². The maximum absolute atomic E-state index is 12.5. The van der Waals surface area contributed by atoms with Crippen LogP contribution in [0.1, 0.15) is 34.9 Å². The summed E-state index contributed by atoms with van der Waals surface area (Å²) in [4.78, 5) is 15.7. The topological polar surface area (TPSA) is 20.3 Å². The summed E-state index contributed by atoms with van der Waals surface area (Å²) in [6.45, 7) is 2.99. The van der Waals surface area contributed by atoms with E-state index in [4.69, 9.17) is 0 Å². The highest BCUT2D eigenvalue weighted by Crippen LogP contribution is 2.32. The van der Waals surface area contributed by atoms with Gasteiger partial charge < -0.3 is 4.90 Å². The summed E-state index contributed by atoms with van der Waals surface area (Å²) in [5.41, 5.74) is 2.54. The zero-order chi connectivity index (χ0) is 13.9. The average molecular weight is 285 g/mol. The van der Waals surface area contributed by atoms with Gasteiger partial charge in [-0.15, -0.1) is 11.3 Å². The molecule has 0 saturated carbocycles. The van der Waals surface area contributed by atoms with Crippen LogP contribution in [0.3, 0.4) is 0 Å². The Labute approximate surface area is 124 Å². The van der Waals surface area contributed by atoms with Gasteiger partial charge in [0.1, 0.15) is 0 Å². The van der Waals surface area contributed by atoms with E-state index in [0.29, 0.717) is 6.42 Å². The van der Waals surface area contributed by atoms with Gasteiger partial charge in [-0.05, 0) is 36.8 Å². The third kappa shape index (κ3) is 2.78. The molecule has 0 spiro atoms. The van der Waals surface area contributed by atoms with Gasteiger partial charge in [-0.3, -0.25) is 4.79 Å². The van der Waals surface area contributed by atoms with E-state index in [9.17, 15) is 4.79 Å². The van der Waals surface area contributed by atoms with Gasteiger partial charge in [-0.1, -0.05) is 35.9 Å². The van der Waals surface area contributed by atoms with E-state index in [1.807, 2.05) is 17.5 Å². The normalized spacial score (nSPS) is 18.4. The van der Waals surface area contributed by atoms with Crippen LogP contribution in [-0.2, 0) is 11.2 Å². The van der Waals surface area contributed by atoms with Crippen LogP contribution in [0.2, 0.25) is 0 Å². The van der Waals surface area contributed by atoms with Gasteiger partial charge in [0.2, 0.25) is 5.91 Å². The fraction of sp³-hybridized carbons (Fsp3) is 0.353. The van der Waals surface area contributed by atoms with E-state index >= 15 is 0 Å². The molecule has 2 heterocycles. The standard InChI is InChI=1S/C17H19NOS/c1-13-6-8-14(9-7-13)16-5-2-10-18(16)17(19)12-15-4-3-11-20-15/h3-4,6-9,11,16H,2,5,10,12H2,1H3/t16-/m0/s1. The van der Waals surface area contributed by atoms with Gasteiger partial charge in [0, 0.05) is 11.4 Å². The van der Waals surface area contributed by atoms with E-state index in [-0.39, 0.29) is 11.9 Å². The SMILES string of the molecule is Cc1ccc([C@@H]2CCCN2C(=O)Cc2cccs2)cc1. The number of likely N-dealkylation sites (tertiary alicyclic amines) is 1. The molecule has 1 aliphatic rings. The molecule has 104 valence electrons. The summed E-state index contributed by atoms with van der Waals surface area (Å²) < 4.78 is 0. The first-order valence-corrected chi connectivity index (χ1v) is 8.00. The lowest BCUT2D eigenvalue weighted by Crippen LogP contribution is -2.31. The molecule has 1 amide bonds. The number of rotatable bonds is 3. The maximum atomic E-state index is 12.5. The third-order valence-electron chi connectivity index (χ3n) is 3.94. The highest BCUT2D eigenvalue weighted by Gasteiger charge is 2.29. The van der Waals surface area contributed by atoms with Crippen molar-refractivity contribution in [3.8, 4) is 0 Å². The lowest BCUT2D eigenvalue weighted by Gasteiger charge is -2.25. The molecule has 0 aliphatic carbocycles. The van der Waals surface area contributed by atoms with Gasteiger partial charge >= 0.3 is 0 Å². The Morgan fingerprint density at radius 1 is 1.30 bits per heavy atom. The molecule has 1 aliphatic heterocycles. The maximum Gasteiger partial charge on any atom is 0.228 e. The third-order valence-corrected chi connectivity index (χ3v) is 4.82. The van der Waals surface area contributed by atoms with Crippen molar-refractivity contribution in [1.82, 2.24) is 4.90 Å². The van der Waals surface area contributed by atoms with Crippen LogP contribution in [0.25, 0.3) is 0 Å². The average Bonchev–Trinajstić information content (AvgIpc) is 3.10. The lowest BCUT2D eigenvalue weighted by molar-refractivity contribution is -0.131. The van der Waals surface area contributed by atoms with E-state index in [1.165, 1.54) is 11.1 Å². The summed E-state index contributed by atoms with van der Waals surface area (Å²) in [5.74, 6) is 0.260. The zero-order valence-corrected chi connectivity index (χ0v) is 12.5. The van der Waals surface area contributed by atoms with Crippen molar-refractivity contribution in [3.05, 3.63) is 57.8 Å². The van der Waals surface area contributed by atoms with Crippen LogP contribution >= 0.6 is 11.3 Å². The predicted molar refractivity (Wildman–Crippen MR) is 82.9 cm³/mol. The molecular formula is C17H19NOS. The molecule has 2 aromatic rings. The van der Waals surface area contributed by atoms with Crippen LogP contribution in [0, 0.1) is 6.92 Å². The molecule has 3 rings (SSSR count). The first kappa shape index (κ1) is 13.4. The molecule has 1 aromatic heterocycles. The van der Waals surface area contributed by atoms with E-state index in [0.717, 1.165) is 24.3 Å². The molecule has 0 radical (unpaired) electrons. The second kappa shape index (κ2) is 5.80. The lowest BCUT2D eigenvalue weighted by atomic mass is 10.0.